The van der Waals surface area contributed by atoms with Crippen LogP contribution in [0.2, 0.25) is 0 Å². The summed E-state index contributed by atoms with van der Waals surface area (Å²) in [5.74, 6) is 0. The molecule has 1 unspecified atom stereocenters. The summed E-state index contributed by atoms with van der Waals surface area (Å²) < 4.78 is 53.3. The van der Waals surface area contributed by atoms with Gasteiger partial charge in [-0.05, 0) is 48.2 Å². The van der Waals surface area contributed by atoms with Crippen LogP contribution >= 0.6 is 0 Å². The maximum Gasteiger partial charge on any atom is 0.431 e. The van der Waals surface area contributed by atoms with Gasteiger partial charge in [0.05, 0.1) is 4.90 Å². The summed E-state index contributed by atoms with van der Waals surface area (Å²) in [6.45, 7) is 1.64. The molecule has 4 rings (SSSR count). The number of nitrogens with one attached hydrogen (secondary N) is 1. The molecule has 1 N–H and O–H groups in total. The maximum atomic E-state index is 13.0. The Morgan fingerprint density at radius 1 is 1.08 bits per heavy atom. The molecule has 1 atom stereocenters. The molecule has 0 saturated carbocycles. The average Bonchev–Trinajstić information content (AvgIpc) is 3.30. The molecular formula is C18H16F3N3OS. The number of rotatable bonds is 3. The van der Waals surface area contributed by atoms with Gasteiger partial charge in [-0.2, -0.15) is 13.2 Å². The van der Waals surface area contributed by atoms with Crippen LogP contribution in [0.3, 0.4) is 0 Å². The van der Waals surface area contributed by atoms with Gasteiger partial charge in [0.1, 0.15) is 22.3 Å². The SMILES string of the molecule is O=S(c1ccc(-c2ccnc3[nH]c(C(F)(F)F)cc23)cc1)N1CCCC1. The van der Waals surface area contributed by atoms with Crippen molar-refractivity contribution in [3.63, 3.8) is 0 Å². The molecule has 26 heavy (non-hydrogen) atoms. The van der Waals surface area contributed by atoms with E-state index in [4.69, 9.17) is 0 Å². The molecular weight excluding hydrogens is 363 g/mol. The normalized spacial score (nSPS) is 17.0. The molecule has 1 fully saturated rings. The Bertz CT molecular complexity index is 960. The van der Waals surface area contributed by atoms with Crippen molar-refractivity contribution in [1.82, 2.24) is 14.3 Å². The zero-order valence-corrected chi connectivity index (χ0v) is 14.5. The minimum absolute atomic E-state index is 0.194. The molecule has 1 aliphatic rings. The highest BCUT2D eigenvalue weighted by Crippen LogP contribution is 2.34. The highest BCUT2D eigenvalue weighted by Gasteiger charge is 2.33. The topological polar surface area (TPSA) is 49.0 Å². The molecule has 136 valence electrons. The number of alkyl halides is 3. The largest absolute Gasteiger partial charge is 0.431 e. The van der Waals surface area contributed by atoms with E-state index in [1.54, 1.807) is 30.3 Å². The average molecular weight is 379 g/mol. The fraction of sp³-hybridized carbons (Fsp3) is 0.278. The van der Waals surface area contributed by atoms with Crippen LogP contribution in [-0.2, 0) is 17.2 Å². The Balaban J connectivity index is 1.69. The van der Waals surface area contributed by atoms with Crippen LogP contribution in [-0.4, -0.2) is 31.6 Å². The molecule has 1 aromatic carbocycles. The molecule has 0 radical (unpaired) electrons. The third-order valence-corrected chi connectivity index (χ3v) is 6.01. The Morgan fingerprint density at radius 3 is 2.42 bits per heavy atom. The number of nitrogens with zero attached hydrogens (tertiary/aromatic N) is 2. The molecule has 2 aromatic heterocycles. The summed E-state index contributed by atoms with van der Waals surface area (Å²) in [7, 11) is -1.19. The molecule has 0 aliphatic carbocycles. The van der Waals surface area contributed by atoms with Crippen LogP contribution in [0.25, 0.3) is 22.2 Å². The number of halogens is 3. The summed E-state index contributed by atoms with van der Waals surface area (Å²) in [4.78, 5) is 7.01. The van der Waals surface area contributed by atoms with E-state index in [2.05, 4.69) is 9.97 Å². The van der Waals surface area contributed by atoms with Crippen molar-refractivity contribution in [1.29, 1.82) is 0 Å². The molecule has 3 aromatic rings. The fourth-order valence-electron chi connectivity index (χ4n) is 3.19. The van der Waals surface area contributed by atoms with Gasteiger partial charge in [-0.25, -0.2) is 13.5 Å². The lowest BCUT2D eigenvalue weighted by Gasteiger charge is -2.14. The molecule has 0 bridgehead atoms. The minimum Gasteiger partial charge on any atom is -0.336 e. The molecule has 0 spiro atoms. The van der Waals surface area contributed by atoms with Crippen LogP contribution in [0.15, 0.2) is 47.5 Å². The number of hydrogen-bond donors (Lipinski definition) is 1. The zero-order valence-electron chi connectivity index (χ0n) is 13.7. The van der Waals surface area contributed by atoms with Crippen LogP contribution in [0.1, 0.15) is 18.5 Å². The summed E-state index contributed by atoms with van der Waals surface area (Å²) >= 11 is 0. The van der Waals surface area contributed by atoms with Crippen LogP contribution in [0, 0.1) is 0 Å². The number of aromatic nitrogens is 2. The Hall–Kier alpha value is -2.19. The molecule has 1 aliphatic heterocycles. The van der Waals surface area contributed by atoms with Crippen LogP contribution < -0.4 is 0 Å². The Morgan fingerprint density at radius 2 is 1.77 bits per heavy atom. The van der Waals surface area contributed by atoms with Gasteiger partial charge in [-0.1, -0.05) is 12.1 Å². The third-order valence-electron chi connectivity index (χ3n) is 4.50. The lowest BCUT2D eigenvalue weighted by atomic mass is 10.0. The van der Waals surface area contributed by atoms with Gasteiger partial charge >= 0.3 is 6.18 Å². The number of fused-ring (bicyclic) bond motifs is 1. The highest BCUT2D eigenvalue weighted by molar-refractivity contribution is 7.82. The number of aromatic amines is 1. The highest BCUT2D eigenvalue weighted by atomic mass is 32.2. The Labute approximate surface area is 150 Å². The summed E-state index contributed by atoms with van der Waals surface area (Å²) in [6.07, 6.45) is -0.874. The quantitative estimate of drug-likeness (QED) is 0.735. The monoisotopic (exact) mass is 379 g/mol. The molecule has 1 saturated heterocycles. The summed E-state index contributed by atoms with van der Waals surface area (Å²) in [5.41, 5.74) is 0.784. The van der Waals surface area contributed by atoms with Crippen LogP contribution in [0.4, 0.5) is 13.2 Å². The first kappa shape index (κ1) is 17.2. The second kappa shape index (κ2) is 6.51. The third kappa shape index (κ3) is 3.14. The van der Waals surface area contributed by atoms with Gasteiger partial charge in [0.25, 0.3) is 0 Å². The first-order chi connectivity index (χ1) is 12.4. The van der Waals surface area contributed by atoms with Gasteiger partial charge in [0, 0.05) is 24.7 Å². The second-order valence-corrected chi connectivity index (χ2v) is 7.70. The minimum atomic E-state index is -4.45. The second-order valence-electron chi connectivity index (χ2n) is 6.21. The maximum absolute atomic E-state index is 13.0. The summed E-state index contributed by atoms with van der Waals surface area (Å²) in [6, 6.07) is 9.88. The Kier molecular flexibility index (Phi) is 4.32. The van der Waals surface area contributed by atoms with Crippen molar-refractivity contribution >= 4 is 22.0 Å². The number of H-pyrrole nitrogens is 1. The zero-order chi connectivity index (χ0) is 18.3. The smallest absolute Gasteiger partial charge is 0.336 e. The molecule has 0 amide bonds. The molecule has 8 heteroatoms. The first-order valence-electron chi connectivity index (χ1n) is 8.26. The number of hydrogen-bond acceptors (Lipinski definition) is 2. The van der Waals surface area contributed by atoms with Crippen molar-refractivity contribution in [3.8, 4) is 11.1 Å². The van der Waals surface area contributed by atoms with Gasteiger partial charge < -0.3 is 4.98 Å². The molecule has 4 nitrogen and oxygen atoms in total. The van der Waals surface area contributed by atoms with Gasteiger partial charge in [0.15, 0.2) is 0 Å². The van der Waals surface area contributed by atoms with Crippen LogP contribution in [0.5, 0.6) is 0 Å². The lowest BCUT2D eigenvalue weighted by molar-refractivity contribution is -0.140. The standard InChI is InChI=1S/C18H16F3N3OS/c19-18(20,21)16-11-15-14(7-8-22-17(15)23-16)12-3-5-13(6-4-12)26(25)24-9-1-2-10-24/h3-8,11H,1-2,9-10H2,(H,22,23). The van der Waals surface area contributed by atoms with E-state index in [9.17, 15) is 17.4 Å². The van der Waals surface area contributed by atoms with Gasteiger partial charge in [-0.3, -0.25) is 0 Å². The predicted octanol–water partition coefficient (Wildman–Crippen LogP) is 4.37. The molecule has 3 heterocycles. The summed E-state index contributed by atoms with van der Waals surface area (Å²) in [5, 5.41) is 0.410. The van der Waals surface area contributed by atoms with E-state index in [-0.39, 0.29) is 5.65 Å². The first-order valence-corrected chi connectivity index (χ1v) is 9.36. The van der Waals surface area contributed by atoms with E-state index in [0.29, 0.717) is 15.8 Å². The fourth-order valence-corrected chi connectivity index (χ4v) is 4.44. The van der Waals surface area contributed by atoms with Gasteiger partial charge in [-0.15, -0.1) is 0 Å². The van der Waals surface area contributed by atoms with Gasteiger partial charge in [0.2, 0.25) is 0 Å². The van der Waals surface area contributed by atoms with E-state index >= 15 is 0 Å². The number of benzene rings is 1. The van der Waals surface area contributed by atoms with Crippen molar-refractivity contribution in [2.75, 3.05) is 13.1 Å². The van der Waals surface area contributed by atoms with Crippen molar-refractivity contribution < 1.29 is 17.4 Å². The van der Waals surface area contributed by atoms with E-state index in [1.807, 2.05) is 4.31 Å². The van der Waals surface area contributed by atoms with Crippen molar-refractivity contribution in [2.24, 2.45) is 0 Å². The van der Waals surface area contributed by atoms with E-state index in [0.717, 1.165) is 37.6 Å². The lowest BCUT2D eigenvalue weighted by Crippen LogP contribution is -2.21. The van der Waals surface area contributed by atoms with E-state index < -0.39 is 22.9 Å². The van der Waals surface area contributed by atoms with Crippen molar-refractivity contribution in [2.45, 2.75) is 23.9 Å². The van der Waals surface area contributed by atoms with Crippen molar-refractivity contribution in [3.05, 3.63) is 48.3 Å². The number of pyridine rings is 1. The predicted molar refractivity (Wildman–Crippen MR) is 93.7 cm³/mol. The van der Waals surface area contributed by atoms with E-state index in [1.165, 1.54) is 6.20 Å².